The molecule has 2 N–H and O–H groups in total. The zero-order valence-electron chi connectivity index (χ0n) is 10.3. The quantitative estimate of drug-likeness (QED) is 0.891. The SMILES string of the molecule is CC(C)NCc1cnc(-c2ccc(Cl)c(Br)c2)[nH]1. The van der Waals surface area contributed by atoms with Crippen LogP contribution in [0.3, 0.4) is 0 Å². The summed E-state index contributed by atoms with van der Waals surface area (Å²) in [6.07, 6.45) is 1.85. The number of hydrogen-bond donors (Lipinski definition) is 2. The molecule has 0 radical (unpaired) electrons. The van der Waals surface area contributed by atoms with Gasteiger partial charge in [0.15, 0.2) is 0 Å². The van der Waals surface area contributed by atoms with Crippen molar-refractivity contribution in [3.05, 3.63) is 39.6 Å². The van der Waals surface area contributed by atoms with E-state index < -0.39 is 0 Å². The molecule has 0 saturated heterocycles. The van der Waals surface area contributed by atoms with Crippen LogP contribution >= 0.6 is 27.5 Å². The molecule has 0 spiro atoms. The van der Waals surface area contributed by atoms with Gasteiger partial charge in [0.25, 0.3) is 0 Å². The second-order valence-electron chi connectivity index (χ2n) is 4.42. The van der Waals surface area contributed by atoms with Gasteiger partial charge in [0.1, 0.15) is 5.82 Å². The van der Waals surface area contributed by atoms with Crippen molar-refractivity contribution in [2.24, 2.45) is 0 Å². The standard InChI is InChI=1S/C13H15BrClN3/c1-8(2)16-6-10-7-17-13(18-10)9-3-4-12(15)11(14)5-9/h3-5,7-8,16H,6H2,1-2H3,(H,17,18). The molecule has 0 aliphatic rings. The van der Waals surface area contributed by atoms with Crippen LogP contribution in [0.15, 0.2) is 28.9 Å². The second-order valence-corrected chi connectivity index (χ2v) is 5.68. The first-order valence-electron chi connectivity index (χ1n) is 5.79. The van der Waals surface area contributed by atoms with Gasteiger partial charge in [-0.05, 0) is 34.1 Å². The molecule has 0 aliphatic heterocycles. The van der Waals surface area contributed by atoms with Crippen LogP contribution in [0.5, 0.6) is 0 Å². The Morgan fingerprint density at radius 2 is 2.22 bits per heavy atom. The Morgan fingerprint density at radius 3 is 2.89 bits per heavy atom. The van der Waals surface area contributed by atoms with Crippen LogP contribution in [0.25, 0.3) is 11.4 Å². The van der Waals surface area contributed by atoms with Gasteiger partial charge in [-0.2, -0.15) is 0 Å². The van der Waals surface area contributed by atoms with Crippen molar-refractivity contribution in [1.82, 2.24) is 15.3 Å². The number of benzene rings is 1. The topological polar surface area (TPSA) is 40.7 Å². The first-order chi connectivity index (χ1) is 8.56. The molecule has 0 atom stereocenters. The Labute approximate surface area is 120 Å². The third-order valence-electron chi connectivity index (χ3n) is 2.52. The molecule has 2 aromatic rings. The monoisotopic (exact) mass is 327 g/mol. The summed E-state index contributed by atoms with van der Waals surface area (Å²) in [4.78, 5) is 7.67. The number of nitrogens with one attached hydrogen (secondary N) is 2. The maximum atomic E-state index is 5.97. The van der Waals surface area contributed by atoms with E-state index in [1.807, 2.05) is 24.4 Å². The lowest BCUT2D eigenvalue weighted by Gasteiger charge is -2.05. The van der Waals surface area contributed by atoms with Crippen molar-refractivity contribution < 1.29 is 0 Å². The van der Waals surface area contributed by atoms with E-state index >= 15 is 0 Å². The van der Waals surface area contributed by atoms with E-state index in [0.29, 0.717) is 11.1 Å². The lowest BCUT2D eigenvalue weighted by atomic mass is 10.2. The van der Waals surface area contributed by atoms with E-state index in [-0.39, 0.29) is 0 Å². The van der Waals surface area contributed by atoms with Crippen LogP contribution in [0.4, 0.5) is 0 Å². The first-order valence-corrected chi connectivity index (χ1v) is 6.96. The summed E-state index contributed by atoms with van der Waals surface area (Å²) in [5, 5.41) is 4.05. The number of hydrogen-bond acceptors (Lipinski definition) is 2. The smallest absolute Gasteiger partial charge is 0.137 e. The Bertz CT molecular complexity index is 537. The van der Waals surface area contributed by atoms with E-state index in [2.05, 4.69) is 45.1 Å². The number of aromatic nitrogens is 2. The number of halogens is 2. The molecule has 1 aromatic heterocycles. The second kappa shape index (κ2) is 5.87. The predicted molar refractivity (Wildman–Crippen MR) is 78.7 cm³/mol. The zero-order valence-corrected chi connectivity index (χ0v) is 12.6. The molecule has 2 rings (SSSR count). The molecular weight excluding hydrogens is 314 g/mol. The summed E-state index contributed by atoms with van der Waals surface area (Å²) in [6, 6.07) is 6.23. The van der Waals surface area contributed by atoms with Gasteiger partial charge in [-0.1, -0.05) is 25.4 Å². The van der Waals surface area contributed by atoms with Gasteiger partial charge in [-0.15, -0.1) is 0 Å². The maximum Gasteiger partial charge on any atom is 0.137 e. The Morgan fingerprint density at radius 1 is 1.44 bits per heavy atom. The van der Waals surface area contributed by atoms with Gasteiger partial charge in [0.05, 0.1) is 5.02 Å². The maximum absolute atomic E-state index is 5.97. The molecule has 0 saturated carbocycles. The van der Waals surface area contributed by atoms with Crippen molar-refractivity contribution in [2.75, 3.05) is 0 Å². The molecule has 1 aromatic carbocycles. The summed E-state index contributed by atoms with van der Waals surface area (Å²) in [5.74, 6) is 0.855. The third-order valence-corrected chi connectivity index (χ3v) is 3.74. The molecular formula is C13H15BrClN3. The van der Waals surface area contributed by atoms with E-state index in [1.165, 1.54) is 0 Å². The van der Waals surface area contributed by atoms with Crippen molar-refractivity contribution >= 4 is 27.5 Å². The summed E-state index contributed by atoms with van der Waals surface area (Å²) in [7, 11) is 0. The highest BCUT2D eigenvalue weighted by Gasteiger charge is 2.06. The molecule has 5 heteroatoms. The Kier molecular flexibility index (Phi) is 4.43. The van der Waals surface area contributed by atoms with Crippen molar-refractivity contribution in [1.29, 1.82) is 0 Å². The van der Waals surface area contributed by atoms with Gasteiger partial charge in [-0.25, -0.2) is 4.98 Å². The van der Waals surface area contributed by atoms with Crippen LogP contribution in [-0.2, 0) is 6.54 Å². The van der Waals surface area contributed by atoms with E-state index in [4.69, 9.17) is 11.6 Å². The van der Waals surface area contributed by atoms with Crippen molar-refractivity contribution in [2.45, 2.75) is 26.4 Å². The number of aromatic amines is 1. The molecule has 96 valence electrons. The van der Waals surface area contributed by atoms with Crippen LogP contribution in [0, 0.1) is 0 Å². The van der Waals surface area contributed by atoms with E-state index in [0.717, 1.165) is 28.1 Å². The largest absolute Gasteiger partial charge is 0.341 e. The number of imidazole rings is 1. The fourth-order valence-corrected chi connectivity index (χ4v) is 2.05. The molecule has 0 aliphatic carbocycles. The fraction of sp³-hybridized carbons (Fsp3) is 0.308. The minimum absolute atomic E-state index is 0.460. The van der Waals surface area contributed by atoms with Gasteiger partial charge in [0.2, 0.25) is 0 Å². The van der Waals surface area contributed by atoms with Crippen molar-refractivity contribution in [3.8, 4) is 11.4 Å². The number of H-pyrrole nitrogens is 1. The summed E-state index contributed by atoms with van der Waals surface area (Å²) >= 11 is 9.38. The molecule has 0 fully saturated rings. The van der Waals surface area contributed by atoms with Gasteiger partial charge < -0.3 is 10.3 Å². The minimum Gasteiger partial charge on any atom is -0.341 e. The summed E-state index contributed by atoms with van der Waals surface area (Å²) in [6.45, 7) is 5.03. The highest BCUT2D eigenvalue weighted by atomic mass is 79.9. The number of rotatable bonds is 4. The molecule has 1 heterocycles. The summed E-state index contributed by atoms with van der Waals surface area (Å²) < 4.78 is 0.875. The molecule has 0 unspecified atom stereocenters. The minimum atomic E-state index is 0.460. The van der Waals surface area contributed by atoms with Crippen molar-refractivity contribution in [3.63, 3.8) is 0 Å². The van der Waals surface area contributed by atoms with E-state index in [1.54, 1.807) is 0 Å². The molecule has 3 nitrogen and oxygen atoms in total. The summed E-state index contributed by atoms with van der Waals surface area (Å²) in [5.41, 5.74) is 2.09. The van der Waals surface area contributed by atoms with Crippen LogP contribution in [0.2, 0.25) is 5.02 Å². The molecule has 18 heavy (non-hydrogen) atoms. The molecule has 0 bridgehead atoms. The number of nitrogens with zero attached hydrogens (tertiary/aromatic N) is 1. The van der Waals surface area contributed by atoms with Crippen LogP contribution in [0.1, 0.15) is 19.5 Å². The van der Waals surface area contributed by atoms with Gasteiger partial charge >= 0.3 is 0 Å². The fourth-order valence-electron chi connectivity index (χ4n) is 1.55. The molecule has 0 amide bonds. The highest BCUT2D eigenvalue weighted by Crippen LogP contribution is 2.27. The average molecular weight is 329 g/mol. The predicted octanol–water partition coefficient (Wildman–Crippen LogP) is 3.99. The lowest BCUT2D eigenvalue weighted by Crippen LogP contribution is -2.21. The zero-order chi connectivity index (χ0) is 13.1. The third kappa shape index (κ3) is 3.34. The Balaban J connectivity index is 2.16. The van der Waals surface area contributed by atoms with Crippen LogP contribution in [-0.4, -0.2) is 16.0 Å². The normalized spacial score (nSPS) is 11.2. The van der Waals surface area contributed by atoms with Crippen LogP contribution < -0.4 is 5.32 Å². The van der Waals surface area contributed by atoms with Gasteiger partial charge in [-0.3, -0.25) is 0 Å². The van der Waals surface area contributed by atoms with E-state index in [9.17, 15) is 0 Å². The lowest BCUT2D eigenvalue weighted by molar-refractivity contribution is 0.583. The van der Waals surface area contributed by atoms with Gasteiger partial charge in [0, 0.05) is 34.5 Å². The Hall–Kier alpha value is -0.840. The first kappa shape index (κ1) is 13.6. The highest BCUT2D eigenvalue weighted by molar-refractivity contribution is 9.10. The average Bonchev–Trinajstić information content (AvgIpc) is 2.79.